The molecular formula is C18H19N3O3S. The molecule has 130 valence electrons. The van der Waals surface area contributed by atoms with Crippen molar-refractivity contribution in [3.8, 4) is 11.8 Å². The van der Waals surface area contributed by atoms with Crippen LogP contribution >= 0.6 is 0 Å². The molecule has 1 aromatic heterocycles. The van der Waals surface area contributed by atoms with Crippen LogP contribution in [0.2, 0.25) is 0 Å². The summed E-state index contributed by atoms with van der Waals surface area (Å²) in [6.07, 6.45) is 5.07. The largest absolute Gasteiger partial charge is 0.493 e. The van der Waals surface area contributed by atoms with E-state index in [0.717, 1.165) is 18.6 Å². The molecule has 1 aliphatic heterocycles. The van der Waals surface area contributed by atoms with E-state index >= 15 is 0 Å². The fraction of sp³-hybridized carbons (Fsp3) is 0.333. The van der Waals surface area contributed by atoms with Gasteiger partial charge in [0.15, 0.2) is 0 Å². The van der Waals surface area contributed by atoms with Crippen LogP contribution < -0.4 is 4.74 Å². The van der Waals surface area contributed by atoms with Crippen LogP contribution in [0.3, 0.4) is 0 Å². The molecule has 0 amide bonds. The van der Waals surface area contributed by atoms with E-state index in [4.69, 9.17) is 10.00 Å². The van der Waals surface area contributed by atoms with Gasteiger partial charge in [-0.15, -0.1) is 0 Å². The summed E-state index contributed by atoms with van der Waals surface area (Å²) >= 11 is 0. The van der Waals surface area contributed by atoms with E-state index in [1.54, 1.807) is 24.5 Å². The van der Waals surface area contributed by atoms with Crippen LogP contribution in [0.4, 0.5) is 0 Å². The van der Waals surface area contributed by atoms with Crippen LogP contribution in [0.5, 0.6) is 5.75 Å². The number of aromatic nitrogens is 1. The standard InChI is InChI=1S/C18H19N3O3S/c19-12-15-3-5-18(6-4-15)25(22,23)21-11-1-2-16(13-21)14-24-17-7-9-20-10-8-17/h3-10,16H,1-2,11,13-14H2. The molecular weight excluding hydrogens is 338 g/mol. The van der Waals surface area contributed by atoms with Gasteiger partial charge in [-0.25, -0.2) is 8.42 Å². The van der Waals surface area contributed by atoms with Crippen molar-refractivity contribution in [2.24, 2.45) is 5.92 Å². The summed E-state index contributed by atoms with van der Waals surface area (Å²) in [5, 5.41) is 8.84. The number of rotatable bonds is 5. The lowest BCUT2D eigenvalue weighted by Crippen LogP contribution is -2.41. The Morgan fingerprint density at radius 2 is 1.92 bits per heavy atom. The highest BCUT2D eigenvalue weighted by molar-refractivity contribution is 7.89. The molecule has 0 bridgehead atoms. The molecule has 0 N–H and O–H groups in total. The van der Waals surface area contributed by atoms with Gasteiger partial charge in [0.1, 0.15) is 5.75 Å². The van der Waals surface area contributed by atoms with Crippen molar-refractivity contribution in [3.05, 3.63) is 54.4 Å². The van der Waals surface area contributed by atoms with Gasteiger partial charge in [-0.3, -0.25) is 4.98 Å². The van der Waals surface area contributed by atoms with Crippen LogP contribution in [0.1, 0.15) is 18.4 Å². The molecule has 7 heteroatoms. The van der Waals surface area contributed by atoms with Crippen LogP contribution in [0, 0.1) is 17.2 Å². The molecule has 1 aliphatic rings. The van der Waals surface area contributed by atoms with Gasteiger partial charge in [0.25, 0.3) is 0 Å². The van der Waals surface area contributed by atoms with Gasteiger partial charge in [0, 0.05) is 31.4 Å². The van der Waals surface area contributed by atoms with Gasteiger partial charge >= 0.3 is 0 Å². The average Bonchev–Trinajstić information content (AvgIpc) is 2.67. The molecule has 2 aromatic rings. The summed E-state index contributed by atoms with van der Waals surface area (Å²) in [7, 11) is -3.54. The Balaban J connectivity index is 1.66. The van der Waals surface area contributed by atoms with Crippen molar-refractivity contribution in [1.82, 2.24) is 9.29 Å². The van der Waals surface area contributed by atoms with Crippen LogP contribution in [-0.4, -0.2) is 37.4 Å². The first kappa shape index (κ1) is 17.4. The Kier molecular flexibility index (Phi) is 5.31. The number of sulfonamides is 1. The first-order valence-corrected chi connectivity index (χ1v) is 9.57. The van der Waals surface area contributed by atoms with Crippen molar-refractivity contribution in [2.75, 3.05) is 19.7 Å². The minimum Gasteiger partial charge on any atom is -0.493 e. The molecule has 1 saturated heterocycles. The Morgan fingerprint density at radius 3 is 2.60 bits per heavy atom. The van der Waals surface area contributed by atoms with Gasteiger partial charge in [-0.2, -0.15) is 9.57 Å². The summed E-state index contributed by atoms with van der Waals surface area (Å²) in [6, 6.07) is 11.6. The van der Waals surface area contributed by atoms with Crippen molar-refractivity contribution >= 4 is 10.0 Å². The second-order valence-corrected chi connectivity index (χ2v) is 7.94. The molecule has 1 fully saturated rings. The third kappa shape index (κ3) is 4.16. The highest BCUT2D eigenvalue weighted by Gasteiger charge is 2.30. The maximum absolute atomic E-state index is 12.8. The van der Waals surface area contributed by atoms with E-state index in [2.05, 4.69) is 4.98 Å². The van der Waals surface area contributed by atoms with Crippen molar-refractivity contribution in [3.63, 3.8) is 0 Å². The lowest BCUT2D eigenvalue weighted by molar-refractivity contribution is 0.180. The Bertz CT molecular complexity index is 845. The fourth-order valence-electron chi connectivity index (χ4n) is 2.88. The second kappa shape index (κ2) is 7.64. The highest BCUT2D eigenvalue weighted by atomic mass is 32.2. The maximum atomic E-state index is 12.8. The van der Waals surface area contributed by atoms with E-state index in [-0.39, 0.29) is 10.8 Å². The van der Waals surface area contributed by atoms with Gasteiger partial charge in [-0.05, 0) is 49.2 Å². The number of nitriles is 1. The first-order valence-electron chi connectivity index (χ1n) is 8.13. The lowest BCUT2D eigenvalue weighted by atomic mass is 10.0. The zero-order valence-corrected chi connectivity index (χ0v) is 14.5. The van der Waals surface area contributed by atoms with Crippen LogP contribution in [0.25, 0.3) is 0 Å². The Morgan fingerprint density at radius 1 is 1.20 bits per heavy atom. The number of nitrogens with zero attached hydrogens (tertiary/aromatic N) is 3. The van der Waals surface area contributed by atoms with Gasteiger partial charge < -0.3 is 4.74 Å². The molecule has 0 spiro atoms. The van der Waals surface area contributed by atoms with E-state index in [0.29, 0.717) is 25.3 Å². The predicted molar refractivity (Wildman–Crippen MR) is 92.4 cm³/mol. The quantitative estimate of drug-likeness (QED) is 0.821. The maximum Gasteiger partial charge on any atom is 0.243 e. The molecule has 2 heterocycles. The van der Waals surface area contributed by atoms with E-state index < -0.39 is 10.0 Å². The summed E-state index contributed by atoms with van der Waals surface area (Å²) in [5.41, 5.74) is 0.446. The SMILES string of the molecule is N#Cc1ccc(S(=O)(=O)N2CCCC(COc3ccncc3)C2)cc1. The first-order chi connectivity index (χ1) is 12.1. The summed E-state index contributed by atoms with van der Waals surface area (Å²) in [4.78, 5) is 4.17. The topological polar surface area (TPSA) is 83.3 Å². The number of hydrogen-bond donors (Lipinski definition) is 0. The fourth-order valence-corrected chi connectivity index (χ4v) is 4.43. The minimum atomic E-state index is -3.54. The van der Waals surface area contributed by atoms with E-state index in [9.17, 15) is 8.42 Å². The second-order valence-electron chi connectivity index (χ2n) is 6.00. The number of hydrogen-bond acceptors (Lipinski definition) is 5. The smallest absolute Gasteiger partial charge is 0.243 e. The average molecular weight is 357 g/mol. The van der Waals surface area contributed by atoms with Gasteiger partial charge in [0.2, 0.25) is 10.0 Å². The summed E-state index contributed by atoms with van der Waals surface area (Å²) < 4.78 is 32.9. The molecule has 0 aliphatic carbocycles. The Labute approximate surface area is 147 Å². The monoisotopic (exact) mass is 357 g/mol. The lowest BCUT2D eigenvalue weighted by Gasteiger charge is -2.31. The molecule has 6 nitrogen and oxygen atoms in total. The van der Waals surface area contributed by atoms with E-state index in [1.807, 2.05) is 6.07 Å². The van der Waals surface area contributed by atoms with Crippen molar-refractivity contribution < 1.29 is 13.2 Å². The van der Waals surface area contributed by atoms with Crippen molar-refractivity contribution in [1.29, 1.82) is 5.26 Å². The predicted octanol–water partition coefficient (Wildman–Crippen LogP) is 2.43. The molecule has 3 rings (SSSR count). The summed E-state index contributed by atoms with van der Waals surface area (Å²) in [6.45, 7) is 1.42. The van der Waals surface area contributed by atoms with Crippen LogP contribution in [0.15, 0.2) is 53.7 Å². The number of pyridine rings is 1. The van der Waals surface area contributed by atoms with Crippen LogP contribution in [-0.2, 0) is 10.0 Å². The van der Waals surface area contributed by atoms with Crippen molar-refractivity contribution in [2.45, 2.75) is 17.7 Å². The summed E-state index contributed by atoms with van der Waals surface area (Å²) in [5.74, 6) is 0.886. The van der Waals surface area contributed by atoms with Gasteiger partial charge in [0.05, 0.1) is 23.1 Å². The molecule has 1 aromatic carbocycles. The molecule has 0 saturated carbocycles. The number of benzene rings is 1. The number of piperidine rings is 1. The molecule has 1 unspecified atom stereocenters. The third-order valence-electron chi connectivity index (χ3n) is 4.24. The zero-order chi connectivity index (χ0) is 17.7. The third-order valence-corrected chi connectivity index (χ3v) is 6.12. The van der Waals surface area contributed by atoms with Gasteiger partial charge in [-0.1, -0.05) is 0 Å². The Hall–Kier alpha value is -2.43. The molecule has 25 heavy (non-hydrogen) atoms. The number of ether oxygens (including phenoxy) is 1. The van der Waals surface area contributed by atoms with E-state index in [1.165, 1.54) is 28.6 Å². The highest BCUT2D eigenvalue weighted by Crippen LogP contribution is 2.24. The molecule has 1 atom stereocenters. The zero-order valence-electron chi connectivity index (χ0n) is 13.7. The molecule has 0 radical (unpaired) electrons. The minimum absolute atomic E-state index is 0.148. The normalized spacial score (nSPS) is 18.4.